The molecule has 1 aliphatic heterocycles. The van der Waals surface area contributed by atoms with Crippen molar-refractivity contribution in [2.45, 2.75) is 26.7 Å². The number of nitrogens with one attached hydrogen (secondary N) is 1. The van der Waals surface area contributed by atoms with Gasteiger partial charge in [-0.2, -0.15) is 5.10 Å². The highest BCUT2D eigenvalue weighted by molar-refractivity contribution is 5.94. The molecule has 38 heavy (non-hydrogen) atoms. The summed E-state index contributed by atoms with van der Waals surface area (Å²) in [5, 5.41) is 27.4. The molecule has 3 aromatic carbocycles. The van der Waals surface area contributed by atoms with Crippen LogP contribution in [0.25, 0.3) is 17.1 Å². The first-order chi connectivity index (χ1) is 18.2. The number of anilines is 1. The Morgan fingerprint density at radius 1 is 0.895 bits per heavy atom. The van der Waals surface area contributed by atoms with Crippen LogP contribution < -0.4 is 10.6 Å². The molecule has 0 atom stereocenters. The van der Waals surface area contributed by atoms with Crippen LogP contribution in [0.1, 0.15) is 41.3 Å². The first kappa shape index (κ1) is 25.1. The van der Waals surface area contributed by atoms with Gasteiger partial charge in [0.15, 0.2) is 5.82 Å². The molecule has 0 radical (unpaired) electrons. The zero-order valence-electron chi connectivity index (χ0n) is 21.7. The standard InChI is InChI=1S/C29H31N5O4/c1-18(2)23-16-24(26(36)17-25(23)35)27-30-31-29(38)34(27)22-10-8-21(9-11-22)32-12-14-33(15-13-32)28(37)20-6-4-19(3)5-7-20/h4-11,16-18,35-36H,12-15H2,1-3H3,(H,31,38). The van der Waals surface area contributed by atoms with Crippen LogP contribution in [0, 0.1) is 6.92 Å². The maximum absolute atomic E-state index is 12.8. The minimum Gasteiger partial charge on any atom is -0.508 e. The minimum absolute atomic E-state index is 0.00398. The Balaban J connectivity index is 1.34. The average Bonchev–Trinajstić information content (AvgIpc) is 3.29. The van der Waals surface area contributed by atoms with Crippen LogP contribution in [0.5, 0.6) is 11.5 Å². The molecule has 9 nitrogen and oxygen atoms in total. The van der Waals surface area contributed by atoms with E-state index in [0.29, 0.717) is 48.6 Å². The van der Waals surface area contributed by atoms with Crippen molar-refractivity contribution >= 4 is 11.6 Å². The van der Waals surface area contributed by atoms with Crippen LogP contribution in [-0.4, -0.2) is 62.0 Å². The number of nitrogens with zero attached hydrogens (tertiary/aromatic N) is 4. The maximum atomic E-state index is 12.8. The molecule has 1 amide bonds. The van der Waals surface area contributed by atoms with E-state index in [4.69, 9.17) is 0 Å². The van der Waals surface area contributed by atoms with E-state index >= 15 is 0 Å². The molecule has 9 heteroatoms. The summed E-state index contributed by atoms with van der Waals surface area (Å²) >= 11 is 0. The average molecular weight is 514 g/mol. The number of aromatic hydroxyl groups is 2. The predicted octanol–water partition coefficient (Wildman–Crippen LogP) is 4.03. The molecule has 2 heterocycles. The summed E-state index contributed by atoms with van der Waals surface area (Å²) in [6, 6.07) is 18.1. The first-order valence-electron chi connectivity index (χ1n) is 12.7. The summed E-state index contributed by atoms with van der Waals surface area (Å²) < 4.78 is 1.40. The fourth-order valence-electron chi connectivity index (χ4n) is 4.81. The smallest absolute Gasteiger partial charge is 0.348 e. The zero-order chi connectivity index (χ0) is 27.0. The van der Waals surface area contributed by atoms with Crippen molar-refractivity contribution in [3.8, 4) is 28.6 Å². The number of piperazine rings is 1. The summed E-state index contributed by atoms with van der Waals surface area (Å²) in [5.74, 6) is 0.147. The van der Waals surface area contributed by atoms with Crippen molar-refractivity contribution in [3.63, 3.8) is 0 Å². The Morgan fingerprint density at radius 2 is 1.53 bits per heavy atom. The molecule has 0 aliphatic carbocycles. The van der Waals surface area contributed by atoms with E-state index in [1.807, 2.05) is 74.2 Å². The number of hydrogen-bond donors (Lipinski definition) is 3. The van der Waals surface area contributed by atoms with Crippen molar-refractivity contribution in [1.29, 1.82) is 0 Å². The highest BCUT2D eigenvalue weighted by Gasteiger charge is 2.23. The van der Waals surface area contributed by atoms with E-state index in [9.17, 15) is 19.8 Å². The Bertz CT molecular complexity index is 1510. The number of H-pyrrole nitrogens is 1. The Kier molecular flexibility index (Phi) is 6.67. The largest absolute Gasteiger partial charge is 0.508 e. The third kappa shape index (κ3) is 4.74. The summed E-state index contributed by atoms with van der Waals surface area (Å²) in [4.78, 5) is 29.6. The molecule has 196 valence electrons. The number of carbonyl (C=O) groups excluding carboxylic acids is 1. The number of hydrogen-bond acceptors (Lipinski definition) is 6. The highest BCUT2D eigenvalue weighted by atomic mass is 16.3. The van der Waals surface area contributed by atoms with Gasteiger partial charge in [-0.25, -0.2) is 14.5 Å². The molecule has 1 fully saturated rings. The van der Waals surface area contributed by atoms with E-state index in [2.05, 4.69) is 15.1 Å². The van der Waals surface area contributed by atoms with Gasteiger partial charge in [-0.05, 0) is 60.9 Å². The fraction of sp³-hybridized carbons (Fsp3) is 0.276. The molecule has 1 saturated heterocycles. The molecule has 1 aliphatic rings. The summed E-state index contributed by atoms with van der Waals surface area (Å²) in [6.07, 6.45) is 0. The lowest BCUT2D eigenvalue weighted by Crippen LogP contribution is -2.48. The van der Waals surface area contributed by atoms with Crippen molar-refractivity contribution in [1.82, 2.24) is 19.7 Å². The molecular weight excluding hydrogens is 482 g/mol. The second-order valence-corrected chi connectivity index (χ2v) is 9.93. The summed E-state index contributed by atoms with van der Waals surface area (Å²) in [7, 11) is 0. The number of amides is 1. The minimum atomic E-state index is -0.436. The molecule has 0 bridgehead atoms. The van der Waals surface area contributed by atoms with Gasteiger partial charge in [-0.1, -0.05) is 31.5 Å². The Labute approximate surface area is 220 Å². The van der Waals surface area contributed by atoms with Crippen LogP contribution in [-0.2, 0) is 0 Å². The second kappa shape index (κ2) is 10.1. The molecule has 0 unspecified atom stereocenters. The SMILES string of the molecule is Cc1ccc(C(=O)N2CCN(c3ccc(-n4c(-c5cc(C(C)C)c(O)cc5O)n[nH]c4=O)cc3)CC2)cc1. The van der Waals surface area contributed by atoms with Gasteiger partial charge in [0.1, 0.15) is 11.5 Å². The van der Waals surface area contributed by atoms with E-state index < -0.39 is 5.69 Å². The lowest BCUT2D eigenvalue weighted by molar-refractivity contribution is 0.0747. The lowest BCUT2D eigenvalue weighted by Gasteiger charge is -2.36. The number of aromatic nitrogens is 3. The maximum Gasteiger partial charge on any atom is 0.348 e. The van der Waals surface area contributed by atoms with Crippen LogP contribution in [0.3, 0.4) is 0 Å². The van der Waals surface area contributed by atoms with Gasteiger partial charge in [-0.15, -0.1) is 0 Å². The van der Waals surface area contributed by atoms with Gasteiger partial charge in [0.05, 0.1) is 11.3 Å². The summed E-state index contributed by atoms with van der Waals surface area (Å²) in [6.45, 7) is 8.52. The van der Waals surface area contributed by atoms with Crippen molar-refractivity contribution in [2.24, 2.45) is 0 Å². The molecular formula is C29H31N5O4. The highest BCUT2D eigenvalue weighted by Crippen LogP contribution is 2.37. The summed E-state index contributed by atoms with van der Waals surface area (Å²) in [5.41, 5.74) is 3.97. The van der Waals surface area contributed by atoms with Gasteiger partial charge in [-0.3, -0.25) is 4.79 Å². The van der Waals surface area contributed by atoms with Gasteiger partial charge < -0.3 is 20.0 Å². The quantitative estimate of drug-likeness (QED) is 0.371. The van der Waals surface area contributed by atoms with E-state index in [1.54, 1.807) is 6.07 Å². The van der Waals surface area contributed by atoms with Gasteiger partial charge in [0, 0.05) is 43.5 Å². The fourth-order valence-corrected chi connectivity index (χ4v) is 4.81. The van der Waals surface area contributed by atoms with Crippen LogP contribution >= 0.6 is 0 Å². The van der Waals surface area contributed by atoms with Gasteiger partial charge >= 0.3 is 5.69 Å². The van der Waals surface area contributed by atoms with E-state index in [-0.39, 0.29) is 29.1 Å². The zero-order valence-corrected chi connectivity index (χ0v) is 21.7. The van der Waals surface area contributed by atoms with Crippen molar-refractivity contribution < 1.29 is 15.0 Å². The Hall–Kier alpha value is -4.53. The molecule has 0 spiro atoms. The van der Waals surface area contributed by atoms with Crippen LogP contribution in [0.15, 0.2) is 65.5 Å². The molecule has 5 rings (SSSR count). The third-order valence-corrected chi connectivity index (χ3v) is 7.02. The predicted molar refractivity (Wildman–Crippen MR) is 146 cm³/mol. The number of carbonyl (C=O) groups is 1. The number of aryl methyl sites for hydroxylation is 1. The normalized spacial score (nSPS) is 13.8. The molecule has 0 saturated carbocycles. The van der Waals surface area contributed by atoms with Crippen LogP contribution in [0.4, 0.5) is 5.69 Å². The lowest BCUT2D eigenvalue weighted by atomic mass is 9.98. The number of benzene rings is 3. The Morgan fingerprint density at radius 3 is 2.16 bits per heavy atom. The van der Waals surface area contributed by atoms with E-state index in [1.165, 1.54) is 10.6 Å². The number of phenolic OH excluding ortho intramolecular Hbond substituents is 2. The monoisotopic (exact) mass is 513 g/mol. The first-order valence-corrected chi connectivity index (χ1v) is 12.7. The topological polar surface area (TPSA) is 115 Å². The second-order valence-electron chi connectivity index (χ2n) is 9.93. The van der Waals surface area contributed by atoms with Crippen molar-refractivity contribution in [3.05, 3.63) is 87.8 Å². The molecule has 4 aromatic rings. The molecule has 3 N–H and O–H groups in total. The molecule has 1 aromatic heterocycles. The number of phenols is 2. The van der Waals surface area contributed by atoms with Gasteiger partial charge in [0.2, 0.25) is 0 Å². The number of aromatic amines is 1. The van der Waals surface area contributed by atoms with Crippen LogP contribution in [0.2, 0.25) is 0 Å². The third-order valence-electron chi connectivity index (χ3n) is 7.02. The van der Waals surface area contributed by atoms with E-state index in [0.717, 1.165) is 11.3 Å². The number of rotatable bonds is 5. The van der Waals surface area contributed by atoms with Gasteiger partial charge in [0.25, 0.3) is 5.91 Å². The van der Waals surface area contributed by atoms with Crippen molar-refractivity contribution in [2.75, 3.05) is 31.1 Å².